The Morgan fingerprint density at radius 1 is 1.22 bits per heavy atom. The Morgan fingerprint density at radius 3 is 2.00 bits per heavy atom. The summed E-state index contributed by atoms with van der Waals surface area (Å²) in [6, 6.07) is 0. The first-order valence-corrected chi connectivity index (χ1v) is 3.44. The van der Waals surface area contributed by atoms with Gasteiger partial charge >= 0.3 is 0 Å². The molecule has 9 heavy (non-hydrogen) atoms. The van der Waals surface area contributed by atoms with Gasteiger partial charge in [-0.3, -0.25) is 4.42 Å². The van der Waals surface area contributed by atoms with E-state index < -0.39 is 0 Å². The van der Waals surface area contributed by atoms with Gasteiger partial charge in [-0.15, -0.1) is 0 Å². The third-order valence-corrected chi connectivity index (χ3v) is 1.52. The van der Waals surface area contributed by atoms with E-state index in [4.69, 9.17) is 35.0 Å². The highest BCUT2D eigenvalue weighted by molar-refractivity contribution is 6.77. The quantitative estimate of drug-likeness (QED) is 0.409. The molecule has 0 aromatic carbocycles. The molecular weight excluding hydrogens is 179 g/mol. The van der Waals surface area contributed by atoms with Gasteiger partial charge in [-0.25, -0.2) is 0 Å². The number of halogens is 3. The smallest absolute Gasteiger partial charge is 0.226 e. The average Bonchev–Trinajstić information content (AvgIpc) is 1.59. The Kier molecular flexibility index (Phi) is 2.33. The van der Waals surface area contributed by atoms with Crippen molar-refractivity contribution in [2.45, 2.75) is 0 Å². The van der Waals surface area contributed by atoms with Gasteiger partial charge in [0, 0.05) is 34.0 Å². The summed E-state index contributed by atoms with van der Waals surface area (Å²) >= 11 is 16.8. The van der Waals surface area contributed by atoms with Crippen LogP contribution in [-0.4, -0.2) is 11.7 Å². The van der Waals surface area contributed by atoms with Crippen molar-refractivity contribution in [1.29, 1.82) is 0 Å². The van der Waals surface area contributed by atoms with Crippen molar-refractivity contribution in [3.05, 3.63) is 22.3 Å². The lowest BCUT2D eigenvalue weighted by atomic mass is 9.77. The summed E-state index contributed by atoms with van der Waals surface area (Å²) in [4.78, 5) is 1.30. The van der Waals surface area contributed by atoms with Crippen LogP contribution in [0.15, 0.2) is 22.3 Å². The van der Waals surface area contributed by atoms with Gasteiger partial charge in [0.1, 0.15) is 0 Å². The first-order valence-electron chi connectivity index (χ1n) is 2.35. The molecule has 1 aliphatic rings. The lowest BCUT2D eigenvalue weighted by Gasteiger charge is -2.10. The fraction of sp³-hybridized carbons (Fsp3) is 0. The number of nitrogens with zero attached hydrogens (tertiary/aromatic N) is 1. The molecule has 0 saturated heterocycles. The Balaban J connectivity index is 2.69. The topological polar surface area (TPSA) is 3.24 Å². The van der Waals surface area contributed by atoms with Gasteiger partial charge in [0.15, 0.2) is 0 Å². The van der Waals surface area contributed by atoms with E-state index in [1.54, 1.807) is 12.4 Å². The fourth-order valence-corrected chi connectivity index (χ4v) is 1.46. The molecule has 0 fully saturated rings. The maximum atomic E-state index is 5.62. The van der Waals surface area contributed by atoms with E-state index >= 15 is 0 Å². The predicted molar refractivity (Wildman–Crippen MR) is 42.7 cm³/mol. The Hall–Kier alpha value is 0.215. The van der Waals surface area contributed by atoms with Crippen molar-refractivity contribution in [3.63, 3.8) is 0 Å². The van der Waals surface area contributed by atoms with Crippen LogP contribution in [0.5, 0.6) is 0 Å². The van der Waals surface area contributed by atoms with E-state index in [2.05, 4.69) is 0 Å². The molecule has 0 atom stereocenters. The van der Waals surface area contributed by atoms with Gasteiger partial charge in [0.05, 0.1) is 0 Å². The molecule has 1 aliphatic heterocycles. The van der Waals surface area contributed by atoms with E-state index in [0.29, 0.717) is 17.1 Å². The van der Waals surface area contributed by atoms with Gasteiger partial charge in [-0.1, -0.05) is 23.2 Å². The van der Waals surface area contributed by atoms with Crippen molar-refractivity contribution in [3.8, 4) is 0 Å². The molecule has 0 radical (unpaired) electrons. The predicted octanol–water partition coefficient (Wildman–Crippen LogP) is 1.97. The number of rotatable bonds is 0. The van der Waals surface area contributed by atoms with Crippen LogP contribution < -0.4 is 0 Å². The first kappa shape index (κ1) is 7.32. The molecule has 1 rings (SSSR count). The van der Waals surface area contributed by atoms with Crippen LogP contribution in [0.1, 0.15) is 0 Å². The third-order valence-electron chi connectivity index (χ3n) is 0.865. The highest BCUT2D eigenvalue weighted by Crippen LogP contribution is 2.17. The second kappa shape index (κ2) is 2.87. The van der Waals surface area contributed by atoms with Gasteiger partial charge < -0.3 is 0 Å². The molecular formula is C4H3BCl3N. The summed E-state index contributed by atoms with van der Waals surface area (Å²) in [5, 5.41) is 0. The van der Waals surface area contributed by atoms with Gasteiger partial charge in [0.25, 0.3) is 0 Å². The van der Waals surface area contributed by atoms with E-state index in [-0.39, 0.29) is 0 Å². The highest BCUT2D eigenvalue weighted by atomic mass is 35.5. The van der Waals surface area contributed by atoms with E-state index in [0.717, 1.165) is 0 Å². The minimum Gasteiger partial charge on any atom is -0.268 e. The molecule has 0 bridgehead atoms. The average molecular weight is 182 g/mol. The molecule has 0 aliphatic carbocycles. The normalized spacial score (nSPS) is 18.3. The molecule has 0 saturated carbocycles. The van der Waals surface area contributed by atoms with Crippen LogP contribution in [0.3, 0.4) is 0 Å². The van der Waals surface area contributed by atoms with Crippen LogP contribution in [0.25, 0.3) is 0 Å². The molecule has 0 amide bonds. The summed E-state index contributed by atoms with van der Waals surface area (Å²) in [6.45, 7) is 0. The second-order valence-electron chi connectivity index (χ2n) is 1.67. The van der Waals surface area contributed by atoms with E-state index in [1.807, 2.05) is 0 Å². The number of hydrogen-bond acceptors (Lipinski definition) is 1. The highest BCUT2D eigenvalue weighted by Gasteiger charge is 2.07. The Morgan fingerprint density at radius 2 is 1.67 bits per heavy atom. The summed E-state index contributed by atoms with van der Waals surface area (Å²) in [7, 11) is 0.590. The zero-order valence-electron chi connectivity index (χ0n) is 4.44. The molecule has 0 unspecified atom stereocenters. The third kappa shape index (κ3) is 2.13. The molecule has 1 heterocycles. The zero-order chi connectivity index (χ0) is 6.85. The molecule has 5 heteroatoms. The summed E-state index contributed by atoms with van der Waals surface area (Å²) in [6.07, 6.45) is 3.21. The summed E-state index contributed by atoms with van der Waals surface area (Å²) in [5.74, 6) is 0. The van der Waals surface area contributed by atoms with Gasteiger partial charge in [-0.2, -0.15) is 0 Å². The van der Waals surface area contributed by atoms with Crippen molar-refractivity contribution >= 4 is 42.3 Å². The molecule has 48 valence electrons. The van der Waals surface area contributed by atoms with Crippen molar-refractivity contribution in [1.82, 2.24) is 4.42 Å². The van der Waals surface area contributed by atoms with Crippen LogP contribution in [0, 0.1) is 0 Å². The lowest BCUT2D eigenvalue weighted by Crippen LogP contribution is -2.06. The molecule has 0 aromatic rings. The van der Waals surface area contributed by atoms with Crippen LogP contribution in [0.4, 0.5) is 0 Å². The van der Waals surface area contributed by atoms with Crippen molar-refractivity contribution < 1.29 is 0 Å². The summed E-state index contributed by atoms with van der Waals surface area (Å²) in [5.41, 5.74) is 0. The minimum absolute atomic E-state index is 0.590. The second-order valence-corrected chi connectivity index (χ2v) is 3.03. The van der Waals surface area contributed by atoms with E-state index in [1.165, 1.54) is 4.42 Å². The maximum absolute atomic E-state index is 5.62. The lowest BCUT2D eigenvalue weighted by molar-refractivity contribution is 0.824. The van der Waals surface area contributed by atoms with Crippen LogP contribution in [0.2, 0.25) is 0 Å². The zero-order valence-corrected chi connectivity index (χ0v) is 6.71. The molecule has 1 nitrogen and oxygen atoms in total. The SMILES string of the molecule is ClC1=CN(Cl)C=C(Cl)B1. The van der Waals surface area contributed by atoms with Gasteiger partial charge in [0.2, 0.25) is 7.28 Å². The first-order chi connectivity index (χ1) is 4.18. The Labute approximate surface area is 69.2 Å². The standard InChI is InChI=1S/C4H3BCl3N/c6-3-1-9(8)2-4(7)5-3/h1-2,5H. The summed E-state index contributed by atoms with van der Waals surface area (Å²) < 4.78 is 1.31. The van der Waals surface area contributed by atoms with Gasteiger partial charge in [-0.05, 0) is 0 Å². The Bertz CT molecular complexity index is 159. The molecule has 0 spiro atoms. The van der Waals surface area contributed by atoms with Crippen LogP contribution in [-0.2, 0) is 0 Å². The minimum atomic E-state index is 0.590. The van der Waals surface area contributed by atoms with E-state index in [9.17, 15) is 0 Å². The number of hydrogen-bond donors (Lipinski definition) is 0. The van der Waals surface area contributed by atoms with Crippen LogP contribution >= 0.6 is 35.0 Å². The maximum Gasteiger partial charge on any atom is 0.226 e. The van der Waals surface area contributed by atoms with Crippen molar-refractivity contribution in [2.24, 2.45) is 0 Å². The molecule has 0 aromatic heterocycles. The molecule has 0 N–H and O–H groups in total. The fourth-order valence-electron chi connectivity index (χ4n) is 0.558. The monoisotopic (exact) mass is 181 g/mol. The van der Waals surface area contributed by atoms with Crippen molar-refractivity contribution in [2.75, 3.05) is 0 Å². The largest absolute Gasteiger partial charge is 0.268 e.